The quantitative estimate of drug-likeness (QED) is 0.671. The third-order valence-electron chi connectivity index (χ3n) is 2.81. The van der Waals surface area contributed by atoms with Crippen LogP contribution in [0.15, 0.2) is 45.9 Å². The monoisotopic (exact) mass is 352 g/mol. The lowest BCUT2D eigenvalue weighted by Gasteiger charge is -2.09. The summed E-state index contributed by atoms with van der Waals surface area (Å²) in [6, 6.07) is 6.33. The summed E-state index contributed by atoms with van der Waals surface area (Å²) in [5.41, 5.74) is -0.704. The highest BCUT2D eigenvalue weighted by Crippen LogP contribution is 2.15. The molecule has 0 aliphatic rings. The van der Waals surface area contributed by atoms with Gasteiger partial charge in [0.25, 0.3) is 5.43 Å². The number of carbonyl (C=O) groups is 1. The minimum atomic E-state index is -1.08. The first-order chi connectivity index (χ1) is 9.90. The Morgan fingerprint density at radius 3 is 2.62 bits per heavy atom. The minimum Gasteiger partial charge on any atom is -0.478 e. The van der Waals surface area contributed by atoms with Crippen molar-refractivity contribution < 1.29 is 14.8 Å². The predicted octanol–water partition coefficient (Wildman–Crippen LogP) is 2.27. The van der Waals surface area contributed by atoms with Gasteiger partial charge in [0.2, 0.25) is 0 Å². The summed E-state index contributed by atoms with van der Waals surface area (Å²) in [4.78, 5) is 32.8. The Morgan fingerprint density at radius 2 is 2.00 bits per heavy atom. The number of aromatic nitrogens is 1. The first kappa shape index (κ1) is 14.9. The number of aromatic carboxylic acids is 1. The predicted molar refractivity (Wildman–Crippen MR) is 77.6 cm³/mol. The summed E-state index contributed by atoms with van der Waals surface area (Å²) in [7, 11) is 0. The average Bonchev–Trinajstić information content (AvgIpc) is 2.42. The van der Waals surface area contributed by atoms with Gasteiger partial charge in [-0.05, 0) is 27.6 Å². The smallest absolute Gasteiger partial charge is 0.336 e. The van der Waals surface area contributed by atoms with Gasteiger partial charge < -0.3 is 9.67 Å². The molecule has 0 saturated carbocycles. The molecule has 7 nitrogen and oxygen atoms in total. The fraction of sp³-hybridized carbons (Fsp3) is 0.0769. The maximum Gasteiger partial charge on any atom is 0.336 e. The lowest BCUT2D eigenvalue weighted by Crippen LogP contribution is -2.14. The Kier molecular flexibility index (Phi) is 4.18. The van der Waals surface area contributed by atoms with Crippen LogP contribution in [-0.2, 0) is 6.54 Å². The van der Waals surface area contributed by atoms with Crippen molar-refractivity contribution in [2.75, 3.05) is 0 Å². The molecule has 0 bridgehead atoms. The Balaban J connectivity index is 2.48. The molecule has 108 valence electrons. The van der Waals surface area contributed by atoms with Crippen molar-refractivity contribution in [3.05, 3.63) is 72.6 Å². The molecule has 0 aliphatic heterocycles. The summed E-state index contributed by atoms with van der Waals surface area (Å²) in [6.45, 7) is 0.0994. The zero-order valence-electron chi connectivity index (χ0n) is 10.5. The molecule has 0 radical (unpaired) electrons. The number of nitrogens with zero attached hydrogens (tertiary/aromatic N) is 2. The van der Waals surface area contributed by atoms with Crippen molar-refractivity contribution in [1.29, 1.82) is 0 Å². The number of halogens is 1. The molecule has 1 N–H and O–H groups in total. The SMILES string of the molecule is O=C(O)c1ccccc1Cn1cc(Br)c(=O)c([N+](=O)[O-])c1. The van der Waals surface area contributed by atoms with E-state index in [-0.39, 0.29) is 16.6 Å². The lowest BCUT2D eigenvalue weighted by atomic mass is 10.1. The number of carboxylic acid groups (broad SMARTS) is 1. The highest BCUT2D eigenvalue weighted by molar-refractivity contribution is 9.10. The average molecular weight is 353 g/mol. The number of hydrogen-bond donors (Lipinski definition) is 1. The number of hydrogen-bond acceptors (Lipinski definition) is 4. The van der Waals surface area contributed by atoms with Crippen LogP contribution in [0.25, 0.3) is 0 Å². The van der Waals surface area contributed by atoms with E-state index in [1.54, 1.807) is 18.2 Å². The van der Waals surface area contributed by atoms with Crippen LogP contribution < -0.4 is 5.43 Å². The number of rotatable bonds is 4. The molecule has 0 aliphatic carbocycles. The molecule has 0 amide bonds. The normalized spacial score (nSPS) is 10.3. The summed E-state index contributed by atoms with van der Waals surface area (Å²) in [5, 5.41) is 19.9. The molecule has 1 heterocycles. The van der Waals surface area contributed by atoms with Gasteiger partial charge in [-0.1, -0.05) is 18.2 Å². The Bertz CT molecular complexity index is 784. The van der Waals surface area contributed by atoms with E-state index in [1.807, 2.05) is 0 Å². The van der Waals surface area contributed by atoms with E-state index in [9.17, 15) is 19.7 Å². The zero-order valence-corrected chi connectivity index (χ0v) is 12.1. The Morgan fingerprint density at radius 1 is 1.33 bits per heavy atom. The van der Waals surface area contributed by atoms with E-state index in [1.165, 1.54) is 16.8 Å². The molecular weight excluding hydrogens is 344 g/mol. The molecule has 0 saturated heterocycles. The van der Waals surface area contributed by atoms with E-state index in [0.29, 0.717) is 5.56 Å². The van der Waals surface area contributed by atoms with Crippen molar-refractivity contribution in [2.45, 2.75) is 6.54 Å². The summed E-state index contributed by atoms with van der Waals surface area (Å²) < 4.78 is 1.44. The summed E-state index contributed by atoms with van der Waals surface area (Å²) >= 11 is 2.97. The van der Waals surface area contributed by atoms with Crippen molar-refractivity contribution in [1.82, 2.24) is 4.57 Å². The van der Waals surface area contributed by atoms with Gasteiger partial charge in [-0.15, -0.1) is 0 Å². The molecular formula is C13H9BrN2O5. The van der Waals surface area contributed by atoms with Gasteiger partial charge in [-0.25, -0.2) is 4.79 Å². The van der Waals surface area contributed by atoms with Crippen molar-refractivity contribution in [3.8, 4) is 0 Å². The van der Waals surface area contributed by atoms with Gasteiger partial charge >= 0.3 is 11.7 Å². The van der Waals surface area contributed by atoms with Crippen molar-refractivity contribution in [2.24, 2.45) is 0 Å². The standard InChI is InChI=1S/C13H9BrN2O5/c14-10-6-15(7-11(12(10)17)16(20)21)5-8-3-1-2-4-9(8)13(18)19/h1-4,6-7H,5H2,(H,18,19). The lowest BCUT2D eigenvalue weighted by molar-refractivity contribution is -0.386. The van der Waals surface area contributed by atoms with Crippen molar-refractivity contribution >= 4 is 27.6 Å². The first-order valence-corrected chi connectivity index (χ1v) is 6.54. The number of carboxylic acids is 1. The van der Waals surface area contributed by atoms with Crippen LogP contribution in [-0.4, -0.2) is 20.6 Å². The second kappa shape index (κ2) is 5.88. The topological polar surface area (TPSA) is 102 Å². The molecule has 0 atom stereocenters. The number of pyridine rings is 1. The molecule has 2 rings (SSSR count). The van der Waals surface area contributed by atoms with Gasteiger partial charge in [-0.2, -0.15) is 0 Å². The van der Waals surface area contributed by atoms with Crippen LogP contribution in [0, 0.1) is 10.1 Å². The number of benzene rings is 1. The van der Waals surface area contributed by atoms with Crippen LogP contribution in [0.4, 0.5) is 5.69 Å². The second-order valence-corrected chi connectivity index (χ2v) is 5.07. The van der Waals surface area contributed by atoms with Crippen LogP contribution in [0.2, 0.25) is 0 Å². The van der Waals surface area contributed by atoms with Crippen LogP contribution in [0.3, 0.4) is 0 Å². The third kappa shape index (κ3) is 3.16. The zero-order chi connectivity index (χ0) is 15.6. The third-order valence-corrected chi connectivity index (χ3v) is 3.38. The van der Waals surface area contributed by atoms with Gasteiger partial charge in [0, 0.05) is 12.7 Å². The van der Waals surface area contributed by atoms with Crippen molar-refractivity contribution in [3.63, 3.8) is 0 Å². The fourth-order valence-electron chi connectivity index (χ4n) is 1.86. The maximum atomic E-state index is 11.6. The van der Waals surface area contributed by atoms with Crippen LogP contribution >= 0.6 is 15.9 Å². The molecule has 21 heavy (non-hydrogen) atoms. The summed E-state index contributed by atoms with van der Waals surface area (Å²) in [6.07, 6.45) is 2.47. The Labute approximate surface area is 126 Å². The van der Waals surface area contributed by atoms with Gasteiger partial charge in [0.1, 0.15) is 0 Å². The van der Waals surface area contributed by atoms with E-state index in [4.69, 9.17) is 5.11 Å². The van der Waals surface area contributed by atoms with Gasteiger partial charge in [0.05, 0.1) is 21.2 Å². The molecule has 1 aromatic carbocycles. The maximum absolute atomic E-state index is 11.6. The Hall–Kier alpha value is -2.48. The molecule has 0 spiro atoms. The highest BCUT2D eigenvalue weighted by Gasteiger charge is 2.17. The first-order valence-electron chi connectivity index (χ1n) is 5.75. The fourth-order valence-corrected chi connectivity index (χ4v) is 2.33. The highest BCUT2D eigenvalue weighted by atomic mass is 79.9. The minimum absolute atomic E-state index is 0.0458. The number of nitro groups is 1. The van der Waals surface area contributed by atoms with E-state index in [0.717, 1.165) is 6.20 Å². The molecule has 8 heteroatoms. The van der Waals surface area contributed by atoms with Crippen LogP contribution in [0.1, 0.15) is 15.9 Å². The molecule has 1 aromatic heterocycles. The molecule has 2 aromatic rings. The summed E-state index contributed by atoms with van der Waals surface area (Å²) in [5.74, 6) is -1.08. The second-order valence-electron chi connectivity index (χ2n) is 4.21. The molecule has 0 fully saturated rings. The van der Waals surface area contributed by atoms with E-state index >= 15 is 0 Å². The largest absolute Gasteiger partial charge is 0.478 e. The van der Waals surface area contributed by atoms with E-state index in [2.05, 4.69) is 15.9 Å². The van der Waals surface area contributed by atoms with E-state index < -0.39 is 22.0 Å². The van der Waals surface area contributed by atoms with Crippen LogP contribution in [0.5, 0.6) is 0 Å². The van der Waals surface area contributed by atoms with Gasteiger partial charge in [0.15, 0.2) is 0 Å². The van der Waals surface area contributed by atoms with Gasteiger partial charge in [-0.3, -0.25) is 14.9 Å². The molecule has 0 unspecified atom stereocenters.